The largest absolute Gasteiger partial charge is 0.378 e. The van der Waals surface area contributed by atoms with E-state index in [1.54, 1.807) is 6.26 Å². The van der Waals surface area contributed by atoms with Gasteiger partial charge in [-0.05, 0) is 6.26 Å². The van der Waals surface area contributed by atoms with Crippen molar-refractivity contribution in [2.24, 2.45) is 16.5 Å². The van der Waals surface area contributed by atoms with Gasteiger partial charge in [-0.25, -0.2) is 0 Å². The Bertz CT molecular complexity index is 123. The lowest BCUT2D eigenvalue weighted by Gasteiger charge is -1.89. The lowest BCUT2D eigenvalue weighted by atomic mass is 11.0. The third-order valence-electron chi connectivity index (χ3n) is 0.440. The number of nitrogens with zero attached hydrogens (tertiary/aromatic N) is 1. The number of thioether (sulfide) groups is 1. The highest BCUT2D eigenvalue weighted by Crippen LogP contribution is 1.88. The molecule has 0 saturated heterocycles. The van der Waals surface area contributed by atoms with E-state index in [-0.39, 0.29) is 18.4 Å². The smallest absolute Gasteiger partial charge is 0.214 e. The zero-order valence-electron chi connectivity index (χ0n) is 4.92. The summed E-state index contributed by atoms with van der Waals surface area (Å²) >= 11 is 1.26. The fraction of sp³-hybridized carbons (Fsp3) is 0.333. The van der Waals surface area contributed by atoms with Crippen molar-refractivity contribution < 1.29 is 0 Å². The van der Waals surface area contributed by atoms with Gasteiger partial charge in [-0.15, -0.1) is 12.4 Å². The molecule has 0 aromatic carbocycles. The topological polar surface area (TPSA) is 88.2 Å². The van der Waals surface area contributed by atoms with Gasteiger partial charge in [0.15, 0.2) is 5.17 Å². The van der Waals surface area contributed by atoms with Crippen LogP contribution in [0, 0.1) is 5.41 Å². The summed E-state index contributed by atoms with van der Waals surface area (Å²) in [6.45, 7) is 0. The Morgan fingerprint density at radius 1 is 1.56 bits per heavy atom. The van der Waals surface area contributed by atoms with Gasteiger partial charge in [0.05, 0.1) is 0 Å². The van der Waals surface area contributed by atoms with Gasteiger partial charge in [0.2, 0.25) is 5.96 Å². The molecule has 6 heteroatoms. The molecule has 0 saturated carbocycles. The molecule has 5 N–H and O–H groups in total. The van der Waals surface area contributed by atoms with Crippen LogP contribution < -0.4 is 11.5 Å². The molecule has 0 unspecified atom stereocenters. The van der Waals surface area contributed by atoms with Gasteiger partial charge >= 0.3 is 0 Å². The first-order chi connectivity index (χ1) is 3.66. The van der Waals surface area contributed by atoms with Gasteiger partial charge in [0.1, 0.15) is 0 Å². The second-order valence-electron chi connectivity index (χ2n) is 1.04. The summed E-state index contributed by atoms with van der Waals surface area (Å²) in [5.74, 6) is -0.253. The highest BCUT2D eigenvalue weighted by Gasteiger charge is 1.85. The van der Waals surface area contributed by atoms with Crippen LogP contribution >= 0.6 is 24.2 Å². The maximum absolute atomic E-state index is 6.62. The number of aliphatic imine (C=N–C) groups is 1. The summed E-state index contributed by atoms with van der Waals surface area (Å²) in [7, 11) is 0. The van der Waals surface area contributed by atoms with Gasteiger partial charge < -0.3 is 11.5 Å². The molecule has 0 spiro atoms. The third kappa shape index (κ3) is 7.58. The van der Waals surface area contributed by atoms with Crippen LogP contribution in [-0.4, -0.2) is 17.4 Å². The van der Waals surface area contributed by atoms with Crippen molar-refractivity contribution in [2.75, 3.05) is 6.26 Å². The average Bonchev–Trinajstić information content (AvgIpc) is 1.65. The third-order valence-corrected chi connectivity index (χ3v) is 0.949. The normalized spacial score (nSPS) is 10.1. The van der Waals surface area contributed by atoms with Gasteiger partial charge in [-0.3, -0.25) is 5.41 Å². The summed E-state index contributed by atoms with van der Waals surface area (Å²) in [4.78, 5) is 3.41. The molecule has 9 heavy (non-hydrogen) atoms. The van der Waals surface area contributed by atoms with Crippen LogP contribution in [0.15, 0.2) is 4.99 Å². The van der Waals surface area contributed by atoms with Crippen LogP contribution in [-0.2, 0) is 0 Å². The molecular weight excluding hydrogens is 160 g/mol. The number of guanidine groups is 1. The number of rotatable bonds is 0. The van der Waals surface area contributed by atoms with Crippen LogP contribution in [0.3, 0.4) is 0 Å². The second kappa shape index (κ2) is 5.71. The number of amidine groups is 1. The first kappa shape index (κ1) is 11.4. The minimum Gasteiger partial charge on any atom is -0.378 e. The molecule has 0 bridgehead atoms. The van der Waals surface area contributed by atoms with Crippen molar-refractivity contribution in [3.05, 3.63) is 0 Å². The highest BCUT2D eigenvalue weighted by atomic mass is 35.5. The van der Waals surface area contributed by atoms with Crippen molar-refractivity contribution in [1.29, 1.82) is 5.41 Å². The van der Waals surface area contributed by atoms with E-state index in [4.69, 9.17) is 16.9 Å². The van der Waals surface area contributed by atoms with E-state index in [0.717, 1.165) is 0 Å². The fourth-order valence-corrected chi connectivity index (χ4v) is 0.354. The quantitative estimate of drug-likeness (QED) is 0.351. The number of hydrogen-bond acceptors (Lipinski definition) is 2. The van der Waals surface area contributed by atoms with Gasteiger partial charge in [-0.1, -0.05) is 11.8 Å². The molecule has 0 radical (unpaired) electrons. The molecule has 0 fully saturated rings. The molecule has 0 rings (SSSR count). The van der Waals surface area contributed by atoms with E-state index < -0.39 is 0 Å². The lowest BCUT2D eigenvalue weighted by Crippen LogP contribution is -2.13. The number of nitrogens with two attached hydrogens (primary N) is 2. The average molecular weight is 169 g/mol. The van der Waals surface area contributed by atoms with E-state index >= 15 is 0 Å². The molecular formula is C3H9ClN4S. The van der Waals surface area contributed by atoms with Crippen molar-refractivity contribution in [3.63, 3.8) is 0 Å². The number of hydrogen-bond donors (Lipinski definition) is 3. The zero-order valence-corrected chi connectivity index (χ0v) is 6.55. The summed E-state index contributed by atoms with van der Waals surface area (Å²) in [5.41, 5.74) is 10.0. The van der Waals surface area contributed by atoms with Gasteiger partial charge in [0, 0.05) is 0 Å². The summed E-state index contributed by atoms with van der Waals surface area (Å²) in [6.07, 6.45) is 1.77. The van der Waals surface area contributed by atoms with Crippen LogP contribution in [0.4, 0.5) is 0 Å². The molecule has 0 aliphatic heterocycles. The molecule has 0 atom stereocenters. The van der Waals surface area contributed by atoms with E-state index in [2.05, 4.69) is 4.99 Å². The fourth-order valence-electron chi connectivity index (χ4n) is 0.164. The highest BCUT2D eigenvalue weighted by molar-refractivity contribution is 8.13. The van der Waals surface area contributed by atoms with Crippen molar-refractivity contribution in [1.82, 2.24) is 0 Å². The van der Waals surface area contributed by atoms with Gasteiger partial charge in [0.25, 0.3) is 0 Å². The zero-order chi connectivity index (χ0) is 6.57. The predicted octanol–water partition coefficient (Wildman–Crippen LogP) is -0.0206. The first-order valence-electron chi connectivity index (χ1n) is 1.89. The Kier molecular flexibility index (Phi) is 7.23. The Balaban J connectivity index is 0. The molecule has 4 nitrogen and oxygen atoms in total. The molecule has 0 aliphatic carbocycles. The Morgan fingerprint density at radius 3 is 2.11 bits per heavy atom. The van der Waals surface area contributed by atoms with Crippen molar-refractivity contribution in [3.8, 4) is 0 Å². The maximum atomic E-state index is 6.62. The van der Waals surface area contributed by atoms with Crippen LogP contribution in [0.1, 0.15) is 0 Å². The minimum absolute atomic E-state index is 0. The predicted molar refractivity (Wildman–Crippen MR) is 44.3 cm³/mol. The monoisotopic (exact) mass is 168 g/mol. The van der Waals surface area contributed by atoms with Crippen molar-refractivity contribution >= 4 is 35.3 Å². The van der Waals surface area contributed by atoms with Gasteiger partial charge in [-0.2, -0.15) is 4.99 Å². The molecule has 0 aromatic rings. The Morgan fingerprint density at radius 2 is 2.00 bits per heavy atom. The van der Waals surface area contributed by atoms with E-state index in [0.29, 0.717) is 5.17 Å². The second-order valence-corrected chi connectivity index (χ2v) is 1.87. The Labute approximate surface area is 64.0 Å². The maximum Gasteiger partial charge on any atom is 0.214 e. The molecule has 0 heterocycles. The van der Waals surface area contributed by atoms with E-state index in [1.165, 1.54) is 11.8 Å². The van der Waals surface area contributed by atoms with E-state index in [9.17, 15) is 0 Å². The minimum atomic E-state index is -0.253. The van der Waals surface area contributed by atoms with E-state index in [1.807, 2.05) is 0 Å². The van der Waals surface area contributed by atoms with Crippen molar-refractivity contribution in [2.45, 2.75) is 0 Å². The summed E-state index contributed by atoms with van der Waals surface area (Å²) in [5, 5.41) is 6.94. The standard InChI is InChI=1S/C3H8N4S.ClH/c1-8-3(6)7-2(4)5;/h1H3,(H5,4,5,6,7);1H. The number of halogens is 1. The van der Waals surface area contributed by atoms with Crippen LogP contribution in [0.25, 0.3) is 0 Å². The molecule has 54 valence electrons. The Hall–Kier alpha value is -0.420. The molecule has 0 amide bonds. The molecule has 0 aliphatic rings. The number of nitrogens with one attached hydrogen (secondary N) is 1. The summed E-state index contributed by atoms with van der Waals surface area (Å²) in [6, 6.07) is 0. The first-order valence-corrected chi connectivity index (χ1v) is 3.11. The molecule has 0 aromatic heterocycles. The van der Waals surface area contributed by atoms with Crippen LogP contribution in [0.5, 0.6) is 0 Å². The summed E-state index contributed by atoms with van der Waals surface area (Å²) < 4.78 is 0. The SMILES string of the molecule is CSC(N)=NC(=N)N.Cl. The lowest BCUT2D eigenvalue weighted by molar-refractivity contribution is 1.38. The van der Waals surface area contributed by atoms with Crippen LogP contribution in [0.2, 0.25) is 0 Å².